The van der Waals surface area contributed by atoms with Gasteiger partial charge < -0.3 is 9.88 Å². The molecule has 1 atom stereocenters. The maximum Gasteiger partial charge on any atom is 0.332 e. The van der Waals surface area contributed by atoms with Crippen LogP contribution in [0.1, 0.15) is 18.2 Å². The quantitative estimate of drug-likeness (QED) is 0.602. The standard InChI is InChI=1S/C20H15Cl2N3O2/c1-20-17-13(12-4-2-3-5-15(12)23-17)8-9-24(20)19(27)25(18(20)26)16-7-6-11(21)10-14(16)22/h2-7,10,23H,8-9H2,1H3/t20-/m0/s1. The van der Waals surface area contributed by atoms with E-state index in [1.165, 1.54) is 11.0 Å². The Hall–Kier alpha value is -2.50. The molecule has 0 unspecified atom stereocenters. The van der Waals surface area contributed by atoms with Gasteiger partial charge in [0.1, 0.15) is 0 Å². The summed E-state index contributed by atoms with van der Waals surface area (Å²) in [5.74, 6) is -0.316. The van der Waals surface area contributed by atoms with Crippen LogP contribution in [-0.4, -0.2) is 28.4 Å². The van der Waals surface area contributed by atoms with E-state index < -0.39 is 5.54 Å². The molecule has 2 aliphatic rings. The molecule has 3 heterocycles. The number of rotatable bonds is 1. The van der Waals surface area contributed by atoms with Crippen molar-refractivity contribution >= 4 is 51.7 Å². The molecule has 3 amide bonds. The highest BCUT2D eigenvalue weighted by Gasteiger charge is 2.59. The number of H-pyrrole nitrogens is 1. The molecule has 1 saturated heterocycles. The van der Waals surface area contributed by atoms with Crippen LogP contribution in [0, 0.1) is 0 Å². The molecule has 0 aliphatic carbocycles. The van der Waals surface area contributed by atoms with Crippen LogP contribution >= 0.6 is 23.2 Å². The van der Waals surface area contributed by atoms with Gasteiger partial charge in [-0.3, -0.25) is 4.79 Å². The van der Waals surface area contributed by atoms with E-state index in [1.807, 2.05) is 24.3 Å². The summed E-state index contributed by atoms with van der Waals surface area (Å²) in [5.41, 5.74) is 2.10. The second kappa shape index (κ2) is 5.50. The molecule has 2 aromatic carbocycles. The van der Waals surface area contributed by atoms with Gasteiger partial charge in [0.2, 0.25) is 0 Å². The lowest BCUT2D eigenvalue weighted by atomic mass is 9.87. The predicted molar refractivity (Wildman–Crippen MR) is 105 cm³/mol. The fourth-order valence-corrected chi connectivity index (χ4v) is 4.76. The van der Waals surface area contributed by atoms with Crippen LogP contribution in [0.2, 0.25) is 10.0 Å². The Bertz CT molecular complexity index is 1140. The summed E-state index contributed by atoms with van der Waals surface area (Å²) >= 11 is 12.3. The first-order valence-electron chi connectivity index (χ1n) is 8.64. The minimum absolute atomic E-state index is 0.268. The van der Waals surface area contributed by atoms with Crippen LogP contribution in [0.4, 0.5) is 10.5 Å². The van der Waals surface area contributed by atoms with E-state index in [2.05, 4.69) is 4.98 Å². The first-order chi connectivity index (χ1) is 12.9. The molecule has 1 N–H and O–H groups in total. The van der Waals surface area contributed by atoms with Crippen LogP contribution in [0.3, 0.4) is 0 Å². The molecule has 5 rings (SSSR count). The number of amides is 3. The van der Waals surface area contributed by atoms with Crippen LogP contribution in [0.25, 0.3) is 10.9 Å². The highest BCUT2D eigenvalue weighted by atomic mass is 35.5. The molecule has 0 bridgehead atoms. The van der Waals surface area contributed by atoms with Crippen molar-refractivity contribution < 1.29 is 9.59 Å². The second-order valence-electron chi connectivity index (χ2n) is 7.02. The van der Waals surface area contributed by atoms with Crippen LogP contribution < -0.4 is 4.90 Å². The van der Waals surface area contributed by atoms with Crippen molar-refractivity contribution in [3.63, 3.8) is 0 Å². The Labute approximate surface area is 165 Å². The Morgan fingerprint density at radius 3 is 2.67 bits per heavy atom. The average molecular weight is 400 g/mol. The number of fused-ring (bicyclic) bond motifs is 5. The van der Waals surface area contributed by atoms with Crippen LogP contribution in [0.5, 0.6) is 0 Å². The third kappa shape index (κ3) is 2.07. The summed E-state index contributed by atoms with van der Waals surface area (Å²) in [7, 11) is 0. The molecular weight excluding hydrogens is 385 g/mol. The van der Waals surface area contributed by atoms with Crippen LogP contribution in [0.15, 0.2) is 42.5 Å². The number of urea groups is 1. The summed E-state index contributed by atoms with van der Waals surface area (Å²) in [5, 5.41) is 1.81. The molecule has 27 heavy (non-hydrogen) atoms. The number of halogens is 2. The fourth-order valence-electron chi connectivity index (χ4n) is 4.27. The highest BCUT2D eigenvalue weighted by Crippen LogP contribution is 2.46. The smallest absolute Gasteiger partial charge is 0.332 e. The number of benzene rings is 2. The first kappa shape index (κ1) is 16.7. The van der Waals surface area contributed by atoms with Gasteiger partial charge in [-0.15, -0.1) is 0 Å². The maximum absolute atomic E-state index is 13.5. The monoisotopic (exact) mass is 399 g/mol. The minimum Gasteiger partial charge on any atom is -0.356 e. The Balaban J connectivity index is 1.70. The van der Waals surface area contributed by atoms with Gasteiger partial charge in [-0.1, -0.05) is 41.4 Å². The Morgan fingerprint density at radius 1 is 1.11 bits per heavy atom. The van der Waals surface area contributed by atoms with Gasteiger partial charge in [-0.05, 0) is 43.2 Å². The van der Waals surface area contributed by atoms with Crippen molar-refractivity contribution in [3.05, 3.63) is 63.8 Å². The number of para-hydroxylation sites is 1. The molecule has 0 radical (unpaired) electrons. The number of imide groups is 1. The van der Waals surface area contributed by atoms with Gasteiger partial charge in [0, 0.05) is 22.5 Å². The van der Waals surface area contributed by atoms with E-state index in [0.29, 0.717) is 23.7 Å². The number of nitrogens with zero attached hydrogens (tertiary/aromatic N) is 2. The van der Waals surface area contributed by atoms with Gasteiger partial charge >= 0.3 is 6.03 Å². The number of aromatic amines is 1. The molecule has 7 heteroatoms. The van der Waals surface area contributed by atoms with Crippen molar-refractivity contribution in [2.45, 2.75) is 18.9 Å². The van der Waals surface area contributed by atoms with Gasteiger partial charge in [0.05, 0.1) is 16.4 Å². The van der Waals surface area contributed by atoms with Crippen LogP contribution in [-0.2, 0) is 16.8 Å². The first-order valence-corrected chi connectivity index (χ1v) is 9.40. The lowest BCUT2D eigenvalue weighted by Gasteiger charge is -2.35. The summed E-state index contributed by atoms with van der Waals surface area (Å²) in [6.07, 6.45) is 0.691. The van der Waals surface area contributed by atoms with E-state index in [-0.39, 0.29) is 17.0 Å². The largest absolute Gasteiger partial charge is 0.356 e. The zero-order chi connectivity index (χ0) is 18.9. The van der Waals surface area contributed by atoms with Gasteiger partial charge in [0.25, 0.3) is 5.91 Å². The third-order valence-corrected chi connectivity index (χ3v) is 6.16. The van der Waals surface area contributed by atoms with Gasteiger partial charge in [0.15, 0.2) is 5.54 Å². The topological polar surface area (TPSA) is 56.4 Å². The minimum atomic E-state index is -1.09. The van der Waals surface area contributed by atoms with E-state index >= 15 is 0 Å². The van der Waals surface area contributed by atoms with Crippen molar-refractivity contribution in [1.82, 2.24) is 9.88 Å². The molecule has 1 aromatic heterocycles. The zero-order valence-electron chi connectivity index (χ0n) is 14.4. The van der Waals surface area contributed by atoms with E-state index in [4.69, 9.17) is 23.2 Å². The normalized spacial score (nSPS) is 21.7. The van der Waals surface area contributed by atoms with E-state index in [9.17, 15) is 9.59 Å². The number of anilines is 1. The summed E-state index contributed by atoms with van der Waals surface area (Å²) in [6.45, 7) is 2.27. The molecule has 136 valence electrons. The second-order valence-corrected chi connectivity index (χ2v) is 7.86. The van der Waals surface area contributed by atoms with Crippen molar-refractivity contribution in [2.75, 3.05) is 11.4 Å². The van der Waals surface area contributed by atoms with Crippen molar-refractivity contribution in [1.29, 1.82) is 0 Å². The summed E-state index contributed by atoms with van der Waals surface area (Å²) in [6, 6.07) is 12.3. The molecule has 5 nitrogen and oxygen atoms in total. The Morgan fingerprint density at radius 2 is 1.89 bits per heavy atom. The molecule has 1 fully saturated rings. The third-order valence-electron chi connectivity index (χ3n) is 5.62. The van der Waals surface area contributed by atoms with Gasteiger partial charge in [-0.25, -0.2) is 9.69 Å². The predicted octanol–water partition coefficient (Wildman–Crippen LogP) is 4.71. The fraction of sp³-hybridized carbons (Fsp3) is 0.200. The number of carbonyl (C=O) groups is 2. The SMILES string of the molecule is C[C@]12C(=O)N(c3ccc(Cl)cc3Cl)C(=O)N1CCc1c2[nH]c2ccccc12. The molecule has 3 aromatic rings. The van der Waals surface area contributed by atoms with Gasteiger partial charge in [-0.2, -0.15) is 0 Å². The van der Waals surface area contributed by atoms with E-state index in [1.54, 1.807) is 24.0 Å². The highest BCUT2D eigenvalue weighted by molar-refractivity contribution is 6.38. The maximum atomic E-state index is 13.5. The number of carbonyl (C=O) groups excluding carboxylic acids is 2. The average Bonchev–Trinajstić information content (AvgIpc) is 3.11. The van der Waals surface area contributed by atoms with E-state index in [0.717, 1.165) is 22.2 Å². The lowest BCUT2D eigenvalue weighted by Crippen LogP contribution is -2.49. The Kier molecular flexibility index (Phi) is 3.39. The summed E-state index contributed by atoms with van der Waals surface area (Å²) in [4.78, 5) is 32.8. The lowest BCUT2D eigenvalue weighted by molar-refractivity contribution is -0.125. The zero-order valence-corrected chi connectivity index (χ0v) is 15.9. The molecular formula is C20H15Cl2N3O2. The molecule has 0 spiro atoms. The summed E-state index contributed by atoms with van der Waals surface area (Å²) < 4.78 is 0. The number of hydrogen-bond acceptors (Lipinski definition) is 2. The number of hydrogen-bond donors (Lipinski definition) is 1. The number of aromatic nitrogens is 1. The van der Waals surface area contributed by atoms with Crippen molar-refractivity contribution in [2.24, 2.45) is 0 Å². The van der Waals surface area contributed by atoms with Crippen molar-refractivity contribution in [3.8, 4) is 0 Å². The number of nitrogens with one attached hydrogen (secondary N) is 1. The molecule has 2 aliphatic heterocycles. The molecule has 0 saturated carbocycles.